The first-order chi connectivity index (χ1) is 15.9. The van der Waals surface area contributed by atoms with Gasteiger partial charge in [-0.1, -0.05) is 38.1 Å². The number of carbonyl (C=O) groups excluding carboxylic acids is 1. The van der Waals surface area contributed by atoms with Gasteiger partial charge in [0.1, 0.15) is 0 Å². The molecule has 1 aromatic carbocycles. The van der Waals surface area contributed by atoms with Crippen LogP contribution >= 0.6 is 0 Å². The number of anilines is 1. The molecule has 0 saturated carbocycles. The monoisotopic (exact) mass is 447 g/mol. The minimum atomic E-state index is -0.175. The fourth-order valence-electron chi connectivity index (χ4n) is 3.08. The normalized spacial score (nSPS) is 11.9. The summed E-state index contributed by atoms with van der Waals surface area (Å²) < 4.78 is 5.22. The van der Waals surface area contributed by atoms with Crippen LogP contribution in [-0.4, -0.2) is 29.6 Å². The molecule has 0 bridgehead atoms. The lowest BCUT2D eigenvalue weighted by atomic mass is 9.97. The van der Waals surface area contributed by atoms with Crippen molar-refractivity contribution in [1.29, 1.82) is 5.26 Å². The number of allylic oxidation sites excluding steroid dienone is 1. The molecule has 0 unspecified atom stereocenters. The number of carbonyl (C=O) groups is 1. The maximum Gasteiger partial charge on any atom is 0.306 e. The van der Waals surface area contributed by atoms with Crippen LogP contribution in [0.2, 0.25) is 0 Å². The van der Waals surface area contributed by atoms with Crippen molar-refractivity contribution in [3.05, 3.63) is 66.0 Å². The second-order valence-corrected chi connectivity index (χ2v) is 8.32. The second kappa shape index (κ2) is 13.7. The standard InChI is InChI=1S/C26H33N5O2/c1-19(2)16-29-26(30-18-27)31-23-11-7-9-21(15-23)24(22-10-8-14-28-17-22)12-5-6-13-25(32)33-20(3)4/h7-12,14-15,17,19-20H,5-6,13,16H2,1-4H3,(H2,29,30,31). The number of esters is 1. The molecule has 174 valence electrons. The van der Waals surface area contributed by atoms with Gasteiger partial charge in [-0.2, -0.15) is 5.26 Å². The lowest BCUT2D eigenvalue weighted by Gasteiger charge is -2.13. The molecule has 0 spiro atoms. The summed E-state index contributed by atoms with van der Waals surface area (Å²) in [5, 5.41) is 14.9. The van der Waals surface area contributed by atoms with Gasteiger partial charge in [-0.05, 0) is 61.9 Å². The van der Waals surface area contributed by atoms with Gasteiger partial charge < -0.3 is 10.1 Å². The molecule has 2 aromatic rings. The van der Waals surface area contributed by atoms with Crippen LogP contribution in [0.1, 0.15) is 58.1 Å². The molecular weight excluding hydrogens is 414 g/mol. The van der Waals surface area contributed by atoms with Gasteiger partial charge in [0.2, 0.25) is 5.96 Å². The third-order valence-corrected chi connectivity index (χ3v) is 4.50. The van der Waals surface area contributed by atoms with Crippen molar-refractivity contribution in [2.75, 3.05) is 11.9 Å². The first-order valence-electron chi connectivity index (χ1n) is 11.3. The van der Waals surface area contributed by atoms with E-state index in [9.17, 15) is 4.79 Å². The van der Waals surface area contributed by atoms with Crippen LogP contribution in [0.3, 0.4) is 0 Å². The highest BCUT2D eigenvalue weighted by Gasteiger charge is 2.09. The van der Waals surface area contributed by atoms with Gasteiger partial charge in [0.15, 0.2) is 6.19 Å². The van der Waals surface area contributed by atoms with E-state index in [0.29, 0.717) is 31.3 Å². The average molecular weight is 448 g/mol. The number of guanidine groups is 1. The van der Waals surface area contributed by atoms with Gasteiger partial charge in [0.05, 0.1) is 6.10 Å². The molecule has 2 N–H and O–H groups in total. The minimum Gasteiger partial charge on any atom is -0.463 e. The average Bonchev–Trinajstić information content (AvgIpc) is 2.78. The first kappa shape index (κ1) is 25.6. The van der Waals surface area contributed by atoms with Crippen LogP contribution < -0.4 is 10.6 Å². The minimum absolute atomic E-state index is 0.0984. The zero-order valence-electron chi connectivity index (χ0n) is 19.8. The number of ether oxygens (including phenoxy) is 1. The summed E-state index contributed by atoms with van der Waals surface area (Å²) in [5.41, 5.74) is 3.83. The summed E-state index contributed by atoms with van der Waals surface area (Å²) in [7, 11) is 0. The number of nitrogens with one attached hydrogen (secondary N) is 2. The van der Waals surface area contributed by atoms with Crippen molar-refractivity contribution in [1.82, 2.24) is 10.3 Å². The van der Waals surface area contributed by atoms with Crippen molar-refractivity contribution >= 4 is 23.2 Å². The Labute approximate surface area is 196 Å². The molecule has 7 heteroatoms. The third-order valence-electron chi connectivity index (χ3n) is 4.50. The summed E-state index contributed by atoms with van der Waals surface area (Å²) in [5.74, 6) is 0.621. The molecule has 0 amide bonds. The van der Waals surface area contributed by atoms with Crippen molar-refractivity contribution in [3.8, 4) is 6.19 Å². The molecule has 0 saturated heterocycles. The number of pyridine rings is 1. The number of unbranched alkanes of at least 4 members (excludes halogenated alkanes) is 1. The van der Waals surface area contributed by atoms with Gasteiger partial charge in [-0.25, -0.2) is 0 Å². The molecule has 1 aromatic heterocycles. The quantitative estimate of drug-likeness (QED) is 0.131. The van der Waals surface area contributed by atoms with Crippen LogP contribution in [-0.2, 0) is 9.53 Å². The van der Waals surface area contributed by atoms with E-state index in [-0.39, 0.29) is 12.1 Å². The fourth-order valence-corrected chi connectivity index (χ4v) is 3.08. The largest absolute Gasteiger partial charge is 0.463 e. The molecule has 0 aliphatic heterocycles. The highest BCUT2D eigenvalue weighted by molar-refractivity contribution is 5.95. The van der Waals surface area contributed by atoms with E-state index in [0.717, 1.165) is 28.8 Å². The lowest BCUT2D eigenvalue weighted by molar-refractivity contribution is -0.147. The number of aromatic nitrogens is 1. The number of rotatable bonds is 10. The molecule has 1 heterocycles. The maximum atomic E-state index is 11.8. The molecule has 33 heavy (non-hydrogen) atoms. The van der Waals surface area contributed by atoms with Crippen LogP contribution in [0.25, 0.3) is 5.57 Å². The predicted molar refractivity (Wildman–Crippen MR) is 132 cm³/mol. The van der Waals surface area contributed by atoms with Crippen molar-refractivity contribution in [2.24, 2.45) is 10.9 Å². The molecule has 0 radical (unpaired) electrons. The van der Waals surface area contributed by atoms with E-state index in [1.165, 1.54) is 0 Å². The van der Waals surface area contributed by atoms with Gasteiger partial charge in [-0.3, -0.25) is 20.1 Å². The predicted octanol–water partition coefficient (Wildman–Crippen LogP) is 5.13. The zero-order valence-corrected chi connectivity index (χ0v) is 19.8. The Kier molecular flexibility index (Phi) is 10.6. The van der Waals surface area contributed by atoms with Gasteiger partial charge >= 0.3 is 5.97 Å². The Hall–Kier alpha value is -3.66. The Bertz CT molecular complexity index is 991. The van der Waals surface area contributed by atoms with Crippen molar-refractivity contribution in [3.63, 3.8) is 0 Å². The summed E-state index contributed by atoms with van der Waals surface area (Å²) in [6, 6.07) is 11.8. The molecular formula is C26H33N5O2. The van der Waals surface area contributed by atoms with Gasteiger partial charge in [0, 0.05) is 36.6 Å². The Balaban J connectivity index is 2.23. The van der Waals surface area contributed by atoms with E-state index in [4.69, 9.17) is 10.00 Å². The van der Waals surface area contributed by atoms with E-state index < -0.39 is 0 Å². The highest BCUT2D eigenvalue weighted by atomic mass is 16.5. The Morgan fingerprint density at radius 3 is 2.67 bits per heavy atom. The summed E-state index contributed by atoms with van der Waals surface area (Å²) in [6.45, 7) is 8.45. The van der Waals surface area contributed by atoms with Crippen LogP contribution in [0, 0.1) is 17.4 Å². The zero-order chi connectivity index (χ0) is 24.1. The highest BCUT2D eigenvalue weighted by Crippen LogP contribution is 2.26. The second-order valence-electron chi connectivity index (χ2n) is 8.32. The number of hydrogen-bond donors (Lipinski definition) is 2. The molecule has 7 nitrogen and oxygen atoms in total. The van der Waals surface area contributed by atoms with E-state index in [2.05, 4.69) is 40.5 Å². The number of nitrogens with zero attached hydrogens (tertiary/aromatic N) is 3. The number of benzene rings is 1. The molecule has 0 atom stereocenters. The number of aliphatic imine (C=N–C) groups is 1. The molecule has 0 aliphatic rings. The topological polar surface area (TPSA) is 99.4 Å². The molecule has 2 rings (SSSR count). The third kappa shape index (κ3) is 9.56. The van der Waals surface area contributed by atoms with E-state index in [1.54, 1.807) is 6.20 Å². The number of hydrogen-bond acceptors (Lipinski definition) is 5. The summed E-state index contributed by atoms with van der Waals surface area (Å²) in [6.07, 6.45) is 9.33. The lowest BCUT2D eigenvalue weighted by Crippen LogP contribution is -2.27. The van der Waals surface area contributed by atoms with E-state index in [1.807, 2.05) is 62.6 Å². The fraction of sp³-hybridized carbons (Fsp3) is 0.385. The van der Waals surface area contributed by atoms with Crippen molar-refractivity contribution in [2.45, 2.75) is 53.1 Å². The number of nitriles is 1. The van der Waals surface area contributed by atoms with Crippen LogP contribution in [0.5, 0.6) is 0 Å². The Morgan fingerprint density at radius 2 is 2.00 bits per heavy atom. The summed E-state index contributed by atoms with van der Waals surface area (Å²) >= 11 is 0. The van der Waals surface area contributed by atoms with Crippen molar-refractivity contribution < 1.29 is 9.53 Å². The van der Waals surface area contributed by atoms with E-state index >= 15 is 0 Å². The maximum absolute atomic E-state index is 11.8. The molecule has 0 aliphatic carbocycles. The van der Waals surface area contributed by atoms with Crippen LogP contribution in [0.4, 0.5) is 5.69 Å². The van der Waals surface area contributed by atoms with Gasteiger partial charge in [0.25, 0.3) is 0 Å². The summed E-state index contributed by atoms with van der Waals surface area (Å²) in [4.78, 5) is 20.5. The molecule has 0 fully saturated rings. The first-order valence-corrected chi connectivity index (χ1v) is 11.3. The SMILES string of the molecule is CC(C)CN=C(NC#N)Nc1cccc(C(=CCCCC(=O)OC(C)C)c2cccnc2)c1. The Morgan fingerprint density at radius 1 is 1.21 bits per heavy atom. The van der Waals surface area contributed by atoms with Gasteiger partial charge in [-0.15, -0.1) is 0 Å². The van der Waals surface area contributed by atoms with Crippen LogP contribution in [0.15, 0.2) is 59.9 Å². The smallest absolute Gasteiger partial charge is 0.306 e.